The van der Waals surface area contributed by atoms with E-state index in [9.17, 15) is 26.4 Å². The number of piperidine rings is 1. The number of aromatic nitrogens is 2. The minimum atomic E-state index is -5.81. The Bertz CT molecular complexity index is 1090. The number of carbonyl (C=O) groups excluding carboxylic acids is 1. The summed E-state index contributed by atoms with van der Waals surface area (Å²) < 4.78 is 69.0. The van der Waals surface area contributed by atoms with Crippen LogP contribution in [0.2, 0.25) is 0 Å². The average Bonchev–Trinajstić information content (AvgIpc) is 2.66. The van der Waals surface area contributed by atoms with Gasteiger partial charge in [0.25, 0.3) is 0 Å². The number of anilines is 1. The van der Waals surface area contributed by atoms with E-state index >= 15 is 0 Å². The SMILES string of the molecule is CC(C)(C)OC(=O)N1CCC(Nc2cnc3nc(OS(=O)(=O)C(F)(F)F)ccc3c2)CC1. The molecule has 13 heteroatoms. The van der Waals surface area contributed by atoms with Crippen molar-refractivity contribution in [2.45, 2.75) is 50.8 Å². The van der Waals surface area contributed by atoms with Gasteiger partial charge in [-0.15, -0.1) is 0 Å². The molecule has 9 nitrogen and oxygen atoms in total. The first-order chi connectivity index (χ1) is 14.7. The summed E-state index contributed by atoms with van der Waals surface area (Å²) in [5.74, 6) is -0.724. The van der Waals surface area contributed by atoms with Gasteiger partial charge in [-0.25, -0.2) is 9.78 Å². The Morgan fingerprint density at radius 2 is 1.84 bits per heavy atom. The maximum Gasteiger partial charge on any atom is 0.534 e. The molecule has 0 bridgehead atoms. The summed E-state index contributed by atoms with van der Waals surface area (Å²) in [7, 11) is -5.81. The van der Waals surface area contributed by atoms with Crippen LogP contribution in [0, 0.1) is 0 Å². The van der Waals surface area contributed by atoms with Crippen LogP contribution in [0.5, 0.6) is 5.88 Å². The fraction of sp³-hybridized carbons (Fsp3) is 0.526. The number of likely N-dealkylation sites (tertiary alicyclic amines) is 1. The van der Waals surface area contributed by atoms with E-state index in [0.717, 1.165) is 6.07 Å². The lowest BCUT2D eigenvalue weighted by molar-refractivity contribution is -0.0501. The molecule has 1 amide bonds. The van der Waals surface area contributed by atoms with Crippen LogP contribution >= 0.6 is 0 Å². The Morgan fingerprint density at radius 3 is 2.44 bits per heavy atom. The zero-order valence-corrected chi connectivity index (χ0v) is 18.5. The lowest BCUT2D eigenvalue weighted by Gasteiger charge is -2.34. The summed E-state index contributed by atoms with van der Waals surface area (Å²) in [6, 6.07) is 4.17. The van der Waals surface area contributed by atoms with Crippen LogP contribution in [0.25, 0.3) is 11.0 Å². The van der Waals surface area contributed by atoms with Crippen molar-refractivity contribution in [1.29, 1.82) is 0 Å². The predicted molar refractivity (Wildman–Crippen MR) is 110 cm³/mol. The number of hydrogen-bond donors (Lipinski definition) is 1. The Hall–Kier alpha value is -2.83. The highest BCUT2D eigenvalue weighted by Crippen LogP contribution is 2.27. The molecule has 3 heterocycles. The molecule has 0 saturated carbocycles. The van der Waals surface area contributed by atoms with Gasteiger partial charge in [0.2, 0.25) is 5.88 Å². The molecule has 1 N–H and O–H groups in total. The number of ether oxygens (including phenoxy) is 1. The van der Waals surface area contributed by atoms with Crippen molar-refractivity contribution in [3.05, 3.63) is 24.4 Å². The zero-order chi connectivity index (χ0) is 23.7. The van der Waals surface area contributed by atoms with Gasteiger partial charge in [-0.2, -0.15) is 26.6 Å². The van der Waals surface area contributed by atoms with Crippen LogP contribution in [-0.2, 0) is 14.9 Å². The standard InChI is InChI=1S/C19H23F3N4O5S/c1-18(2,3)30-17(27)26-8-6-13(7-9-26)24-14-10-12-4-5-15(25-16(12)23-11-14)31-32(28,29)19(20,21)22/h4-5,10-11,13,24H,6-9H2,1-3H3. The molecular weight excluding hydrogens is 453 g/mol. The highest BCUT2D eigenvalue weighted by molar-refractivity contribution is 7.87. The number of amides is 1. The van der Waals surface area contributed by atoms with Gasteiger partial charge in [0.1, 0.15) is 5.60 Å². The molecule has 2 aromatic rings. The molecule has 1 saturated heterocycles. The number of rotatable bonds is 4. The quantitative estimate of drug-likeness (QED) is 0.526. The lowest BCUT2D eigenvalue weighted by Crippen LogP contribution is -2.44. The molecule has 0 aliphatic carbocycles. The van der Waals surface area contributed by atoms with Crippen molar-refractivity contribution < 1.29 is 35.3 Å². The monoisotopic (exact) mass is 476 g/mol. The van der Waals surface area contributed by atoms with Gasteiger partial charge >= 0.3 is 21.7 Å². The summed E-state index contributed by atoms with van der Waals surface area (Å²) in [6.07, 6.45) is 2.48. The molecule has 2 aromatic heterocycles. The minimum Gasteiger partial charge on any atom is -0.444 e. The second-order valence-corrected chi connectivity index (χ2v) is 9.83. The first-order valence-electron chi connectivity index (χ1n) is 9.75. The number of carbonyl (C=O) groups is 1. The van der Waals surface area contributed by atoms with Gasteiger partial charge in [-0.3, -0.25) is 0 Å². The normalized spacial score (nSPS) is 16.1. The maximum atomic E-state index is 12.5. The summed E-state index contributed by atoms with van der Waals surface area (Å²) >= 11 is 0. The average molecular weight is 476 g/mol. The molecule has 1 aliphatic rings. The molecule has 0 atom stereocenters. The van der Waals surface area contributed by atoms with E-state index in [1.54, 1.807) is 11.0 Å². The molecular formula is C19H23F3N4O5S. The molecule has 0 aromatic carbocycles. The van der Waals surface area contributed by atoms with E-state index in [0.29, 0.717) is 37.0 Å². The number of nitrogens with zero attached hydrogens (tertiary/aromatic N) is 3. The first kappa shape index (κ1) is 23.8. The Balaban J connectivity index is 1.62. The van der Waals surface area contributed by atoms with E-state index in [-0.39, 0.29) is 17.8 Å². The summed E-state index contributed by atoms with van der Waals surface area (Å²) in [5.41, 5.74) is -5.42. The second-order valence-electron chi connectivity index (χ2n) is 8.29. The van der Waals surface area contributed by atoms with Crippen LogP contribution in [0.15, 0.2) is 24.4 Å². The first-order valence-corrected chi connectivity index (χ1v) is 11.2. The van der Waals surface area contributed by atoms with E-state index in [2.05, 4.69) is 19.5 Å². The Labute approximate surface area is 183 Å². The van der Waals surface area contributed by atoms with Gasteiger partial charge in [0.15, 0.2) is 5.65 Å². The summed E-state index contributed by atoms with van der Waals surface area (Å²) in [5, 5.41) is 3.79. The van der Waals surface area contributed by atoms with Crippen LogP contribution < -0.4 is 9.50 Å². The van der Waals surface area contributed by atoms with Crippen molar-refractivity contribution in [2.24, 2.45) is 0 Å². The van der Waals surface area contributed by atoms with Gasteiger partial charge in [0, 0.05) is 30.6 Å². The van der Waals surface area contributed by atoms with E-state index in [4.69, 9.17) is 4.74 Å². The minimum absolute atomic E-state index is 0.0326. The number of alkyl halides is 3. The summed E-state index contributed by atoms with van der Waals surface area (Å²) in [4.78, 5) is 21.6. The topological polar surface area (TPSA) is 111 Å². The van der Waals surface area contributed by atoms with Gasteiger partial charge in [-0.05, 0) is 45.7 Å². The Morgan fingerprint density at radius 1 is 1.19 bits per heavy atom. The highest BCUT2D eigenvalue weighted by Gasteiger charge is 2.48. The van der Waals surface area contributed by atoms with E-state index < -0.39 is 27.1 Å². The largest absolute Gasteiger partial charge is 0.534 e. The number of nitrogens with one attached hydrogen (secondary N) is 1. The lowest BCUT2D eigenvalue weighted by atomic mass is 10.1. The molecule has 32 heavy (non-hydrogen) atoms. The molecule has 1 fully saturated rings. The van der Waals surface area contributed by atoms with Gasteiger partial charge < -0.3 is 19.1 Å². The number of pyridine rings is 2. The summed E-state index contributed by atoms with van der Waals surface area (Å²) in [6.45, 7) is 6.49. The maximum absolute atomic E-state index is 12.5. The second kappa shape index (κ2) is 8.60. The smallest absolute Gasteiger partial charge is 0.444 e. The van der Waals surface area contributed by atoms with Crippen molar-refractivity contribution >= 4 is 32.9 Å². The van der Waals surface area contributed by atoms with Crippen LogP contribution in [0.4, 0.5) is 23.7 Å². The van der Waals surface area contributed by atoms with Crippen molar-refractivity contribution in [3.8, 4) is 5.88 Å². The van der Waals surface area contributed by atoms with E-state index in [1.165, 1.54) is 12.3 Å². The molecule has 0 unspecified atom stereocenters. The van der Waals surface area contributed by atoms with E-state index in [1.807, 2.05) is 20.8 Å². The fourth-order valence-electron chi connectivity index (χ4n) is 3.05. The molecule has 0 radical (unpaired) electrons. The van der Waals surface area contributed by atoms with Crippen LogP contribution in [-0.4, -0.2) is 59.6 Å². The highest BCUT2D eigenvalue weighted by atomic mass is 32.2. The molecule has 3 rings (SSSR count). The van der Waals surface area contributed by atoms with Crippen LogP contribution in [0.1, 0.15) is 33.6 Å². The predicted octanol–water partition coefficient (Wildman–Crippen LogP) is 3.67. The number of halogens is 3. The Kier molecular flexibility index (Phi) is 6.40. The van der Waals surface area contributed by atoms with Crippen molar-refractivity contribution in [1.82, 2.24) is 14.9 Å². The zero-order valence-electron chi connectivity index (χ0n) is 17.6. The third-order valence-electron chi connectivity index (χ3n) is 4.51. The van der Waals surface area contributed by atoms with Crippen LogP contribution in [0.3, 0.4) is 0 Å². The van der Waals surface area contributed by atoms with Gasteiger partial charge in [0.05, 0.1) is 11.9 Å². The van der Waals surface area contributed by atoms with Crippen molar-refractivity contribution in [2.75, 3.05) is 18.4 Å². The third kappa shape index (κ3) is 5.90. The molecule has 176 valence electrons. The molecule has 0 spiro atoms. The van der Waals surface area contributed by atoms with Crippen molar-refractivity contribution in [3.63, 3.8) is 0 Å². The third-order valence-corrected chi connectivity index (χ3v) is 5.47. The molecule has 1 aliphatic heterocycles. The number of hydrogen-bond acceptors (Lipinski definition) is 8. The van der Waals surface area contributed by atoms with Gasteiger partial charge in [-0.1, -0.05) is 0 Å². The number of fused-ring (bicyclic) bond motifs is 1. The fourth-order valence-corrected chi connectivity index (χ4v) is 3.46.